The fourth-order valence-corrected chi connectivity index (χ4v) is 6.05. The quantitative estimate of drug-likeness (QED) is 0.306. The van der Waals surface area contributed by atoms with Gasteiger partial charge in [0.25, 0.3) is 5.91 Å². The van der Waals surface area contributed by atoms with Crippen molar-refractivity contribution in [2.75, 3.05) is 27.9 Å². The van der Waals surface area contributed by atoms with Crippen LogP contribution in [0.25, 0.3) is 15.9 Å². The summed E-state index contributed by atoms with van der Waals surface area (Å²) in [6.07, 6.45) is 0.661. The Balaban J connectivity index is 1.55. The monoisotopic (exact) mass is 539 g/mol. The second-order valence-corrected chi connectivity index (χ2v) is 10.2. The van der Waals surface area contributed by atoms with Crippen molar-refractivity contribution < 1.29 is 23.8 Å². The number of thiophene rings is 1. The molecule has 8 nitrogen and oxygen atoms in total. The van der Waals surface area contributed by atoms with Crippen LogP contribution in [0.15, 0.2) is 42.5 Å². The highest BCUT2D eigenvalue weighted by Gasteiger charge is 2.35. The van der Waals surface area contributed by atoms with Gasteiger partial charge in [0.1, 0.15) is 4.83 Å². The maximum absolute atomic E-state index is 13.9. The van der Waals surface area contributed by atoms with E-state index in [1.165, 1.54) is 18.4 Å². The van der Waals surface area contributed by atoms with Gasteiger partial charge in [0, 0.05) is 17.0 Å². The molecular formula is C27H26ClN3O5S. The van der Waals surface area contributed by atoms with E-state index in [1.807, 2.05) is 54.1 Å². The summed E-state index contributed by atoms with van der Waals surface area (Å²) in [6, 6.07) is 12.6. The van der Waals surface area contributed by atoms with Crippen molar-refractivity contribution in [2.45, 2.75) is 25.8 Å². The van der Waals surface area contributed by atoms with Crippen LogP contribution in [0.3, 0.4) is 0 Å². The normalized spacial score (nSPS) is 14.9. The Labute approximate surface area is 223 Å². The van der Waals surface area contributed by atoms with E-state index < -0.39 is 12.0 Å². The van der Waals surface area contributed by atoms with Gasteiger partial charge < -0.3 is 19.1 Å². The smallest absolute Gasteiger partial charge is 0.307 e. The summed E-state index contributed by atoms with van der Waals surface area (Å²) in [7, 11) is 4.50. The van der Waals surface area contributed by atoms with Crippen LogP contribution >= 0.6 is 22.9 Å². The number of aryl methyl sites for hydroxylation is 1. The fraction of sp³-hybridized carbons (Fsp3) is 0.296. The standard InChI is InChI=1S/C27H26ClN3O5S/c1-15-19-13-24(37-27(19)31(29-15)18-7-5-17(28)6-8-18)26(33)30-10-9-16-11-22(34-2)23(35-3)12-20(16)21(30)14-25(32)36-4/h5-8,11-13,21H,9-10,14H2,1-4H3/t21-/m1/s1. The third-order valence-corrected chi connectivity index (χ3v) is 8.03. The first-order chi connectivity index (χ1) is 17.8. The lowest BCUT2D eigenvalue weighted by molar-refractivity contribution is -0.141. The number of nitrogens with zero attached hydrogens (tertiary/aromatic N) is 3. The van der Waals surface area contributed by atoms with E-state index in [9.17, 15) is 9.59 Å². The summed E-state index contributed by atoms with van der Waals surface area (Å²) >= 11 is 7.44. The van der Waals surface area contributed by atoms with Crippen molar-refractivity contribution in [2.24, 2.45) is 0 Å². The molecule has 37 heavy (non-hydrogen) atoms. The molecule has 0 radical (unpaired) electrons. The molecule has 0 saturated heterocycles. The number of hydrogen-bond donors (Lipinski definition) is 0. The molecule has 4 aromatic rings. The van der Waals surface area contributed by atoms with E-state index in [1.54, 1.807) is 19.1 Å². The molecule has 2 aromatic heterocycles. The van der Waals surface area contributed by atoms with Crippen molar-refractivity contribution in [3.63, 3.8) is 0 Å². The summed E-state index contributed by atoms with van der Waals surface area (Å²) in [5.74, 6) is 0.629. The predicted molar refractivity (Wildman–Crippen MR) is 142 cm³/mol. The van der Waals surface area contributed by atoms with Crippen molar-refractivity contribution in [3.05, 3.63) is 69.2 Å². The number of aromatic nitrogens is 2. The fourth-order valence-electron chi connectivity index (χ4n) is 4.78. The first-order valence-electron chi connectivity index (χ1n) is 11.7. The second-order valence-electron chi connectivity index (χ2n) is 8.75. The van der Waals surface area contributed by atoms with Crippen LogP contribution in [-0.4, -0.2) is 54.4 Å². The third-order valence-electron chi connectivity index (χ3n) is 6.68. The van der Waals surface area contributed by atoms with Gasteiger partial charge in [0.2, 0.25) is 0 Å². The summed E-state index contributed by atoms with van der Waals surface area (Å²) in [6.45, 7) is 2.38. The van der Waals surface area contributed by atoms with Gasteiger partial charge in [-0.15, -0.1) is 11.3 Å². The van der Waals surface area contributed by atoms with E-state index in [2.05, 4.69) is 5.10 Å². The Bertz CT molecular complexity index is 1490. The lowest BCUT2D eigenvalue weighted by atomic mass is 9.89. The molecule has 0 aliphatic carbocycles. The average Bonchev–Trinajstić information content (AvgIpc) is 3.48. The van der Waals surface area contributed by atoms with Gasteiger partial charge in [0.05, 0.1) is 50.1 Å². The van der Waals surface area contributed by atoms with Gasteiger partial charge in [-0.2, -0.15) is 5.10 Å². The van der Waals surface area contributed by atoms with Crippen LogP contribution < -0.4 is 9.47 Å². The van der Waals surface area contributed by atoms with Gasteiger partial charge in [-0.05, 0) is 66.9 Å². The van der Waals surface area contributed by atoms with Gasteiger partial charge >= 0.3 is 5.97 Å². The highest BCUT2D eigenvalue weighted by Crippen LogP contribution is 2.41. The molecule has 2 aromatic carbocycles. The van der Waals surface area contributed by atoms with E-state index in [-0.39, 0.29) is 12.3 Å². The number of ether oxygens (including phenoxy) is 3. The van der Waals surface area contributed by atoms with E-state index >= 15 is 0 Å². The highest BCUT2D eigenvalue weighted by molar-refractivity contribution is 7.20. The van der Waals surface area contributed by atoms with E-state index in [0.717, 1.165) is 32.7 Å². The minimum absolute atomic E-state index is 0.0349. The predicted octanol–water partition coefficient (Wildman–Crippen LogP) is 5.37. The molecule has 0 unspecified atom stereocenters. The molecule has 10 heteroatoms. The molecule has 1 aliphatic heterocycles. The number of carbonyl (C=O) groups is 2. The molecule has 5 rings (SSSR count). The first kappa shape index (κ1) is 25.1. The second kappa shape index (κ2) is 10.1. The molecule has 0 saturated carbocycles. The van der Waals surface area contributed by atoms with Crippen LogP contribution in [0.2, 0.25) is 5.02 Å². The Kier molecular flexibility index (Phi) is 6.83. The summed E-state index contributed by atoms with van der Waals surface area (Å²) < 4.78 is 17.8. The van der Waals surface area contributed by atoms with Gasteiger partial charge in [-0.25, -0.2) is 4.68 Å². The summed E-state index contributed by atoms with van der Waals surface area (Å²) in [5, 5.41) is 6.22. The molecule has 0 spiro atoms. The molecule has 1 amide bonds. The van der Waals surface area contributed by atoms with Gasteiger partial charge in [-0.3, -0.25) is 9.59 Å². The molecule has 0 bridgehead atoms. The zero-order chi connectivity index (χ0) is 26.3. The van der Waals surface area contributed by atoms with Crippen LogP contribution in [0, 0.1) is 6.92 Å². The Morgan fingerprint density at radius 2 is 1.78 bits per heavy atom. The molecular weight excluding hydrogens is 514 g/mol. The summed E-state index contributed by atoms with van der Waals surface area (Å²) in [4.78, 5) is 29.5. The maximum atomic E-state index is 13.9. The number of amides is 1. The Morgan fingerprint density at radius 1 is 1.08 bits per heavy atom. The van der Waals surface area contributed by atoms with Crippen LogP contribution in [0.1, 0.15) is 39.0 Å². The van der Waals surface area contributed by atoms with Crippen LogP contribution in [-0.2, 0) is 16.0 Å². The molecule has 3 heterocycles. The van der Waals surface area contributed by atoms with Crippen molar-refractivity contribution in [1.82, 2.24) is 14.7 Å². The minimum atomic E-state index is -0.498. The van der Waals surface area contributed by atoms with Crippen LogP contribution in [0.5, 0.6) is 11.5 Å². The first-order valence-corrected chi connectivity index (χ1v) is 12.9. The molecule has 0 N–H and O–H groups in total. The number of methoxy groups -OCH3 is 3. The van der Waals surface area contributed by atoms with E-state index in [4.69, 9.17) is 25.8 Å². The average molecular weight is 540 g/mol. The molecule has 0 fully saturated rings. The SMILES string of the molecule is COC(=O)C[C@@H]1c2cc(OC)c(OC)cc2CCN1C(=O)c1cc2c(C)nn(-c3ccc(Cl)cc3)c2s1. The lowest BCUT2D eigenvalue weighted by Gasteiger charge is -2.37. The Morgan fingerprint density at radius 3 is 2.46 bits per heavy atom. The number of benzene rings is 2. The molecule has 1 aliphatic rings. The largest absolute Gasteiger partial charge is 0.493 e. The van der Waals surface area contributed by atoms with Gasteiger partial charge in [-0.1, -0.05) is 11.6 Å². The topological polar surface area (TPSA) is 82.9 Å². The summed E-state index contributed by atoms with van der Waals surface area (Å²) in [5.41, 5.74) is 3.56. The van der Waals surface area contributed by atoms with Crippen LogP contribution in [0.4, 0.5) is 0 Å². The van der Waals surface area contributed by atoms with E-state index in [0.29, 0.717) is 34.4 Å². The zero-order valence-electron chi connectivity index (χ0n) is 20.9. The molecule has 192 valence electrons. The van der Waals surface area contributed by atoms with Gasteiger partial charge in [0.15, 0.2) is 11.5 Å². The maximum Gasteiger partial charge on any atom is 0.307 e. The number of hydrogen-bond acceptors (Lipinski definition) is 7. The number of carbonyl (C=O) groups excluding carboxylic acids is 2. The minimum Gasteiger partial charge on any atom is -0.493 e. The number of esters is 1. The number of fused-ring (bicyclic) bond motifs is 2. The Hall–Kier alpha value is -3.56. The third kappa shape index (κ3) is 4.53. The lowest BCUT2D eigenvalue weighted by Crippen LogP contribution is -2.41. The zero-order valence-corrected chi connectivity index (χ0v) is 22.5. The van der Waals surface area contributed by atoms with Crippen molar-refractivity contribution >= 4 is 45.0 Å². The van der Waals surface area contributed by atoms with Crippen molar-refractivity contribution in [1.29, 1.82) is 0 Å². The van der Waals surface area contributed by atoms with Crippen molar-refractivity contribution in [3.8, 4) is 17.2 Å². The number of rotatable bonds is 6. The molecule has 1 atom stereocenters. The number of halogens is 1. The highest BCUT2D eigenvalue weighted by atomic mass is 35.5.